The number of rotatable bonds is 8. The van der Waals surface area contributed by atoms with Crippen LogP contribution in [-0.4, -0.2) is 33.0 Å². The summed E-state index contributed by atoms with van der Waals surface area (Å²) in [5, 5.41) is 3.69. The van der Waals surface area contributed by atoms with Crippen molar-refractivity contribution in [3.05, 3.63) is 96.2 Å². The van der Waals surface area contributed by atoms with Crippen LogP contribution in [0.5, 0.6) is 5.75 Å². The van der Waals surface area contributed by atoms with Gasteiger partial charge in [0, 0.05) is 11.6 Å². The Morgan fingerprint density at radius 2 is 1.69 bits per heavy atom. The van der Waals surface area contributed by atoms with Crippen molar-refractivity contribution in [3.8, 4) is 5.75 Å². The van der Waals surface area contributed by atoms with E-state index < -0.39 is 22.5 Å². The van der Waals surface area contributed by atoms with E-state index in [0.29, 0.717) is 17.0 Å². The largest absolute Gasteiger partial charge is 0.497 e. The minimum atomic E-state index is -4.05. The SMILES string of the molecule is COc1ccc([C@@H](C)NC(=O)CN(c2cccc3cccnc23)S(=O)(=O)c2ccc(C)cc2)cc1. The van der Waals surface area contributed by atoms with Crippen LogP contribution < -0.4 is 14.4 Å². The van der Waals surface area contributed by atoms with Crippen LogP contribution in [0.1, 0.15) is 24.1 Å². The van der Waals surface area contributed by atoms with Crippen LogP contribution in [0.4, 0.5) is 5.69 Å². The number of aryl methyl sites for hydroxylation is 1. The second kappa shape index (κ2) is 10.1. The number of sulfonamides is 1. The molecule has 0 fully saturated rings. The Hall–Kier alpha value is -3.91. The summed E-state index contributed by atoms with van der Waals surface area (Å²) in [4.78, 5) is 17.6. The lowest BCUT2D eigenvalue weighted by atomic mass is 10.1. The van der Waals surface area contributed by atoms with Crippen molar-refractivity contribution in [2.75, 3.05) is 18.0 Å². The second-order valence-electron chi connectivity index (χ2n) is 8.24. The van der Waals surface area contributed by atoms with E-state index in [2.05, 4.69) is 10.3 Å². The Bertz CT molecular complexity index is 1430. The Kier molecular flexibility index (Phi) is 7.02. The number of hydrogen-bond acceptors (Lipinski definition) is 5. The van der Waals surface area contributed by atoms with E-state index >= 15 is 0 Å². The topological polar surface area (TPSA) is 88.6 Å². The van der Waals surface area contributed by atoms with Gasteiger partial charge in [-0.3, -0.25) is 14.1 Å². The fourth-order valence-electron chi connectivity index (χ4n) is 3.82. The molecule has 0 aliphatic heterocycles. The summed E-state index contributed by atoms with van der Waals surface area (Å²) < 4.78 is 33.8. The third-order valence-electron chi connectivity index (χ3n) is 5.77. The van der Waals surface area contributed by atoms with Gasteiger partial charge in [-0.2, -0.15) is 0 Å². The summed E-state index contributed by atoms with van der Waals surface area (Å²) in [6, 6.07) is 22.5. The standard InChI is InChI=1S/C27H27N3O4S/c1-19-9-15-24(16-10-19)35(32,33)30(25-8-4-6-22-7-5-17-28-27(22)25)18-26(31)29-20(2)21-11-13-23(34-3)14-12-21/h4-17,20H,18H2,1-3H3,(H,29,31)/t20-/m1/s1. The molecule has 0 radical (unpaired) electrons. The molecule has 1 aromatic heterocycles. The van der Waals surface area contributed by atoms with Gasteiger partial charge in [-0.05, 0) is 55.8 Å². The van der Waals surface area contributed by atoms with E-state index in [1.165, 1.54) is 0 Å². The quantitative estimate of drug-likeness (QED) is 0.390. The van der Waals surface area contributed by atoms with Gasteiger partial charge >= 0.3 is 0 Å². The van der Waals surface area contributed by atoms with Crippen LogP contribution >= 0.6 is 0 Å². The normalized spacial score (nSPS) is 12.2. The van der Waals surface area contributed by atoms with Crippen molar-refractivity contribution in [2.24, 2.45) is 0 Å². The van der Waals surface area contributed by atoms with Crippen molar-refractivity contribution in [1.82, 2.24) is 10.3 Å². The molecule has 35 heavy (non-hydrogen) atoms. The minimum Gasteiger partial charge on any atom is -0.497 e. The number of ether oxygens (including phenoxy) is 1. The van der Waals surface area contributed by atoms with Gasteiger partial charge in [-0.1, -0.05) is 48.0 Å². The monoisotopic (exact) mass is 489 g/mol. The van der Waals surface area contributed by atoms with Crippen LogP contribution in [0.3, 0.4) is 0 Å². The van der Waals surface area contributed by atoms with Crippen molar-refractivity contribution in [1.29, 1.82) is 0 Å². The maximum Gasteiger partial charge on any atom is 0.264 e. The molecule has 1 N–H and O–H groups in total. The second-order valence-corrected chi connectivity index (χ2v) is 10.1. The molecule has 0 spiro atoms. The Morgan fingerprint density at radius 3 is 2.37 bits per heavy atom. The fourth-order valence-corrected chi connectivity index (χ4v) is 5.25. The molecule has 3 aromatic carbocycles. The van der Waals surface area contributed by atoms with Crippen LogP contribution in [-0.2, 0) is 14.8 Å². The van der Waals surface area contributed by atoms with Crippen LogP contribution in [0, 0.1) is 6.92 Å². The molecule has 1 amide bonds. The number of benzene rings is 3. The zero-order chi connectivity index (χ0) is 25.0. The molecule has 1 atom stereocenters. The van der Waals surface area contributed by atoms with Crippen LogP contribution in [0.25, 0.3) is 10.9 Å². The number of pyridine rings is 1. The number of para-hydroxylation sites is 1. The first-order chi connectivity index (χ1) is 16.8. The lowest BCUT2D eigenvalue weighted by Crippen LogP contribution is -2.41. The number of carbonyl (C=O) groups excluding carboxylic acids is 1. The van der Waals surface area contributed by atoms with Crippen molar-refractivity contribution in [3.63, 3.8) is 0 Å². The average molecular weight is 490 g/mol. The number of methoxy groups -OCH3 is 1. The zero-order valence-electron chi connectivity index (χ0n) is 19.8. The molecule has 1 heterocycles. The summed E-state index contributed by atoms with van der Waals surface area (Å²) in [7, 11) is -2.46. The molecule has 0 bridgehead atoms. The van der Waals surface area contributed by atoms with Gasteiger partial charge < -0.3 is 10.1 Å². The third-order valence-corrected chi connectivity index (χ3v) is 7.54. The van der Waals surface area contributed by atoms with E-state index in [4.69, 9.17) is 4.74 Å². The highest BCUT2D eigenvalue weighted by atomic mass is 32.2. The molecule has 4 rings (SSSR count). The van der Waals surface area contributed by atoms with Crippen LogP contribution in [0.2, 0.25) is 0 Å². The lowest BCUT2D eigenvalue weighted by Gasteiger charge is -2.26. The Labute approximate surface area is 205 Å². The number of aromatic nitrogens is 1. The summed E-state index contributed by atoms with van der Waals surface area (Å²) in [6.45, 7) is 3.33. The maximum atomic E-state index is 13.8. The molecule has 0 aliphatic rings. The van der Waals surface area contributed by atoms with Crippen LogP contribution in [0.15, 0.2) is 90.0 Å². The van der Waals surface area contributed by atoms with Crippen molar-refractivity contribution >= 4 is 32.5 Å². The number of nitrogens with one attached hydrogen (secondary N) is 1. The predicted octanol–water partition coefficient (Wildman–Crippen LogP) is 4.62. The Balaban J connectivity index is 1.69. The van der Waals surface area contributed by atoms with Gasteiger partial charge in [0.1, 0.15) is 12.3 Å². The first kappa shape index (κ1) is 24.2. The summed E-state index contributed by atoms with van der Waals surface area (Å²) in [5.74, 6) is 0.281. The zero-order valence-corrected chi connectivity index (χ0v) is 20.6. The van der Waals surface area contributed by atoms with Gasteiger partial charge in [0.2, 0.25) is 5.91 Å². The van der Waals surface area contributed by atoms with Gasteiger partial charge in [0.25, 0.3) is 10.0 Å². The molecule has 8 heteroatoms. The number of fused-ring (bicyclic) bond motifs is 1. The highest BCUT2D eigenvalue weighted by Gasteiger charge is 2.29. The molecule has 7 nitrogen and oxygen atoms in total. The fraction of sp³-hybridized carbons (Fsp3) is 0.185. The first-order valence-electron chi connectivity index (χ1n) is 11.2. The van der Waals surface area contributed by atoms with Gasteiger partial charge in [0.15, 0.2) is 0 Å². The molecule has 0 unspecified atom stereocenters. The number of anilines is 1. The lowest BCUT2D eigenvalue weighted by molar-refractivity contribution is -0.120. The highest BCUT2D eigenvalue weighted by molar-refractivity contribution is 7.92. The highest BCUT2D eigenvalue weighted by Crippen LogP contribution is 2.30. The maximum absolute atomic E-state index is 13.8. The smallest absolute Gasteiger partial charge is 0.264 e. The third kappa shape index (κ3) is 5.27. The van der Waals surface area contributed by atoms with E-state index in [9.17, 15) is 13.2 Å². The number of nitrogens with zero attached hydrogens (tertiary/aromatic N) is 2. The molecule has 180 valence electrons. The summed E-state index contributed by atoms with van der Waals surface area (Å²) in [6.07, 6.45) is 1.61. The van der Waals surface area contributed by atoms with Crippen molar-refractivity contribution in [2.45, 2.75) is 24.8 Å². The average Bonchev–Trinajstić information content (AvgIpc) is 2.87. The molecular formula is C27H27N3O4S. The van der Waals surface area contributed by atoms with Gasteiger partial charge in [-0.15, -0.1) is 0 Å². The van der Waals surface area contributed by atoms with E-state index in [-0.39, 0.29) is 10.9 Å². The molecule has 0 saturated heterocycles. The first-order valence-corrected chi connectivity index (χ1v) is 12.6. The summed E-state index contributed by atoms with van der Waals surface area (Å²) >= 11 is 0. The number of hydrogen-bond donors (Lipinski definition) is 1. The van der Waals surface area contributed by atoms with Crippen molar-refractivity contribution < 1.29 is 17.9 Å². The van der Waals surface area contributed by atoms with E-state index in [0.717, 1.165) is 20.8 Å². The minimum absolute atomic E-state index is 0.104. The molecular weight excluding hydrogens is 462 g/mol. The van der Waals surface area contributed by atoms with Gasteiger partial charge in [-0.25, -0.2) is 8.42 Å². The molecule has 0 aliphatic carbocycles. The molecule has 0 saturated carbocycles. The number of amides is 1. The van der Waals surface area contributed by atoms with E-state index in [1.54, 1.807) is 55.8 Å². The molecule has 4 aromatic rings. The Morgan fingerprint density at radius 1 is 1.00 bits per heavy atom. The predicted molar refractivity (Wildman–Crippen MR) is 137 cm³/mol. The van der Waals surface area contributed by atoms with Gasteiger partial charge in [0.05, 0.1) is 29.3 Å². The number of carbonyl (C=O) groups is 1. The summed E-state index contributed by atoms with van der Waals surface area (Å²) in [5.41, 5.74) is 2.66. The van der Waals surface area contributed by atoms with E-state index in [1.807, 2.05) is 50.2 Å².